The summed E-state index contributed by atoms with van der Waals surface area (Å²) in [5, 5.41) is 4.89. The van der Waals surface area contributed by atoms with E-state index >= 15 is 0 Å². The lowest BCUT2D eigenvalue weighted by Gasteiger charge is -2.23. The second kappa shape index (κ2) is 9.91. The number of esters is 1. The van der Waals surface area contributed by atoms with Crippen LogP contribution in [0.25, 0.3) is 21.9 Å². The van der Waals surface area contributed by atoms with E-state index in [0.717, 1.165) is 23.3 Å². The van der Waals surface area contributed by atoms with Gasteiger partial charge in [-0.2, -0.15) is 0 Å². The molecule has 1 saturated heterocycles. The van der Waals surface area contributed by atoms with Crippen molar-refractivity contribution in [1.29, 1.82) is 0 Å². The first-order chi connectivity index (χ1) is 17.4. The molecule has 1 fully saturated rings. The van der Waals surface area contributed by atoms with Crippen LogP contribution in [0.2, 0.25) is 10.0 Å². The van der Waals surface area contributed by atoms with E-state index < -0.39 is 12.0 Å². The monoisotopic (exact) mass is 526 g/mol. The van der Waals surface area contributed by atoms with Gasteiger partial charge in [0, 0.05) is 17.0 Å². The van der Waals surface area contributed by atoms with Gasteiger partial charge in [0.1, 0.15) is 24.0 Å². The van der Waals surface area contributed by atoms with Crippen molar-refractivity contribution in [3.05, 3.63) is 58.1 Å². The minimum atomic E-state index is -0.605. The van der Waals surface area contributed by atoms with Crippen molar-refractivity contribution in [3.63, 3.8) is 0 Å². The van der Waals surface area contributed by atoms with Crippen molar-refractivity contribution in [2.24, 2.45) is 0 Å². The Labute approximate surface area is 217 Å². The second-order valence-corrected chi connectivity index (χ2v) is 9.47. The molecule has 2 aromatic heterocycles. The lowest BCUT2D eigenvalue weighted by Crippen LogP contribution is -2.41. The largest absolute Gasteiger partial charge is 0.464 e. The fraction of sp³-hybridized carbons (Fsp3) is 0.320. The Balaban J connectivity index is 1.42. The van der Waals surface area contributed by atoms with Crippen LogP contribution in [0.15, 0.2) is 36.7 Å². The third-order valence-corrected chi connectivity index (χ3v) is 6.80. The second-order valence-electron chi connectivity index (χ2n) is 8.63. The van der Waals surface area contributed by atoms with Crippen LogP contribution in [-0.4, -0.2) is 55.9 Å². The lowest BCUT2D eigenvalue weighted by atomic mass is 10.1. The van der Waals surface area contributed by atoms with Crippen molar-refractivity contribution >= 4 is 62.8 Å². The van der Waals surface area contributed by atoms with E-state index in [1.54, 1.807) is 25.1 Å². The minimum Gasteiger partial charge on any atom is -0.464 e. The molecule has 3 heterocycles. The zero-order valence-electron chi connectivity index (χ0n) is 19.7. The third-order valence-electron chi connectivity index (χ3n) is 6.25. The summed E-state index contributed by atoms with van der Waals surface area (Å²) in [5.41, 5.74) is 2.49. The van der Waals surface area contributed by atoms with Crippen LogP contribution in [0.4, 0.5) is 5.82 Å². The summed E-state index contributed by atoms with van der Waals surface area (Å²) in [4.78, 5) is 43.9. The average molecular weight is 527 g/mol. The number of aromatic amines is 1. The van der Waals surface area contributed by atoms with Crippen LogP contribution in [-0.2, 0) is 9.53 Å². The molecule has 11 heteroatoms. The van der Waals surface area contributed by atoms with E-state index in [1.807, 2.05) is 19.1 Å². The molecule has 1 aliphatic rings. The molecule has 4 aromatic rings. The predicted octanol–water partition coefficient (Wildman–Crippen LogP) is 5.15. The van der Waals surface area contributed by atoms with Gasteiger partial charge in [-0.05, 0) is 57.0 Å². The molecule has 0 saturated carbocycles. The average Bonchev–Trinajstić information content (AvgIpc) is 3.51. The van der Waals surface area contributed by atoms with Crippen LogP contribution in [0.5, 0.6) is 0 Å². The van der Waals surface area contributed by atoms with Crippen molar-refractivity contribution in [1.82, 2.24) is 24.8 Å². The molecule has 186 valence electrons. The van der Waals surface area contributed by atoms with E-state index in [2.05, 4.69) is 25.3 Å². The molecule has 1 amide bonds. The van der Waals surface area contributed by atoms with Gasteiger partial charge in [-0.3, -0.25) is 4.79 Å². The number of nitrogens with zero attached hydrogens (tertiary/aromatic N) is 4. The highest BCUT2D eigenvalue weighted by molar-refractivity contribution is 6.35. The molecule has 0 unspecified atom stereocenters. The molecular formula is C25H24Cl2N6O3. The first kappa shape index (κ1) is 24.3. The molecule has 1 aliphatic heterocycles. The topological polar surface area (TPSA) is 113 Å². The van der Waals surface area contributed by atoms with Crippen molar-refractivity contribution in [2.45, 2.75) is 38.8 Å². The van der Waals surface area contributed by atoms with Gasteiger partial charge < -0.3 is 19.9 Å². The molecule has 2 aromatic carbocycles. The molecular weight excluding hydrogens is 503 g/mol. The maximum atomic E-state index is 13.3. The van der Waals surface area contributed by atoms with E-state index in [4.69, 9.17) is 27.9 Å². The van der Waals surface area contributed by atoms with E-state index in [1.165, 1.54) is 11.2 Å². The van der Waals surface area contributed by atoms with Crippen molar-refractivity contribution < 1.29 is 14.3 Å². The van der Waals surface area contributed by atoms with E-state index in [-0.39, 0.29) is 29.1 Å². The molecule has 2 N–H and O–H groups in total. The summed E-state index contributed by atoms with van der Waals surface area (Å²) >= 11 is 12.7. The number of imidazole rings is 1. The normalized spacial score (nSPS) is 16.4. The van der Waals surface area contributed by atoms with Crippen LogP contribution >= 0.6 is 23.2 Å². The molecule has 9 nitrogen and oxygen atoms in total. The number of fused-ring (bicyclic) bond motifs is 2. The molecule has 0 radical (unpaired) electrons. The van der Waals surface area contributed by atoms with E-state index in [9.17, 15) is 9.59 Å². The maximum absolute atomic E-state index is 13.3. The number of rotatable bonds is 6. The number of hydrogen-bond donors (Lipinski definition) is 2. The quantitative estimate of drug-likeness (QED) is 0.333. The first-order valence-electron chi connectivity index (χ1n) is 11.7. The molecule has 0 bridgehead atoms. The van der Waals surface area contributed by atoms with Crippen LogP contribution in [0.3, 0.4) is 0 Å². The summed E-state index contributed by atoms with van der Waals surface area (Å²) in [5.74, 6) is 0.559. The van der Waals surface area contributed by atoms with Gasteiger partial charge in [0.25, 0.3) is 5.91 Å². The van der Waals surface area contributed by atoms with Gasteiger partial charge in [-0.25, -0.2) is 19.7 Å². The fourth-order valence-electron chi connectivity index (χ4n) is 4.48. The Kier molecular flexibility index (Phi) is 6.68. The number of carbonyl (C=O) groups excluding carboxylic acids is 2. The highest BCUT2D eigenvalue weighted by atomic mass is 35.5. The van der Waals surface area contributed by atoms with Crippen LogP contribution in [0, 0.1) is 0 Å². The number of amides is 1. The van der Waals surface area contributed by atoms with E-state index in [0.29, 0.717) is 34.7 Å². The Morgan fingerprint density at radius 3 is 2.86 bits per heavy atom. The predicted molar refractivity (Wildman–Crippen MR) is 138 cm³/mol. The van der Waals surface area contributed by atoms with Crippen molar-refractivity contribution in [2.75, 3.05) is 18.5 Å². The fourth-order valence-corrected chi connectivity index (χ4v) is 4.90. The number of benzene rings is 2. The van der Waals surface area contributed by atoms with Gasteiger partial charge in [0.05, 0.1) is 39.8 Å². The molecule has 2 atom stereocenters. The number of nitrogens with one attached hydrogen (secondary N) is 2. The Morgan fingerprint density at radius 2 is 2.06 bits per heavy atom. The molecule has 5 rings (SSSR count). The van der Waals surface area contributed by atoms with Crippen molar-refractivity contribution in [3.8, 4) is 0 Å². The summed E-state index contributed by atoms with van der Waals surface area (Å²) in [6.07, 6.45) is 2.72. The first-order valence-corrected chi connectivity index (χ1v) is 12.4. The van der Waals surface area contributed by atoms with Gasteiger partial charge in [0.2, 0.25) is 0 Å². The standard InChI is InChI=1S/C25H24Cl2N6O3/c1-3-36-25(35)21-5-4-8-33(21)24(34)15-11-19-16(10-17(15)27)23(29-12-28-19)30-13(2)22-31-18-7-6-14(26)9-20(18)32-22/h6-7,9-13,21H,3-5,8H2,1-2H3,(H,31,32)(H,28,29,30)/t13-,21-/m1/s1. The number of hydrogen-bond acceptors (Lipinski definition) is 7. The Bertz CT molecular complexity index is 1470. The summed E-state index contributed by atoms with van der Waals surface area (Å²) in [7, 11) is 0. The van der Waals surface area contributed by atoms with Gasteiger partial charge in [-0.1, -0.05) is 23.2 Å². The number of H-pyrrole nitrogens is 1. The molecule has 0 aliphatic carbocycles. The van der Waals surface area contributed by atoms with Gasteiger partial charge in [0.15, 0.2) is 0 Å². The number of halogens is 2. The number of carbonyl (C=O) groups is 2. The minimum absolute atomic E-state index is 0.218. The van der Waals surface area contributed by atoms with Crippen LogP contribution < -0.4 is 5.32 Å². The molecule has 36 heavy (non-hydrogen) atoms. The summed E-state index contributed by atoms with van der Waals surface area (Å²) in [6, 6.07) is 7.97. The SMILES string of the molecule is CCOC(=O)[C@H]1CCCN1C(=O)c1cc2ncnc(N[C@H](C)c3nc4ccc(Cl)cc4[nH]3)c2cc1Cl. The zero-order chi connectivity index (χ0) is 25.4. The third kappa shape index (κ3) is 4.56. The zero-order valence-corrected chi connectivity index (χ0v) is 21.2. The highest BCUT2D eigenvalue weighted by Crippen LogP contribution is 2.31. The van der Waals surface area contributed by atoms with Gasteiger partial charge in [-0.15, -0.1) is 0 Å². The van der Waals surface area contributed by atoms with Crippen LogP contribution in [0.1, 0.15) is 48.9 Å². The maximum Gasteiger partial charge on any atom is 0.328 e. The number of aromatic nitrogens is 4. The Hall–Kier alpha value is -3.43. The Morgan fingerprint density at radius 1 is 1.22 bits per heavy atom. The lowest BCUT2D eigenvalue weighted by molar-refractivity contribution is -0.147. The summed E-state index contributed by atoms with van der Waals surface area (Å²) < 4.78 is 5.15. The number of ether oxygens (including phenoxy) is 1. The number of anilines is 1. The summed E-state index contributed by atoms with van der Waals surface area (Å²) in [6.45, 7) is 4.43. The molecule has 0 spiro atoms. The number of likely N-dealkylation sites (tertiary alicyclic amines) is 1. The smallest absolute Gasteiger partial charge is 0.328 e. The van der Waals surface area contributed by atoms with Gasteiger partial charge >= 0.3 is 5.97 Å². The highest BCUT2D eigenvalue weighted by Gasteiger charge is 2.36.